The van der Waals surface area contributed by atoms with E-state index in [1.165, 1.54) is 25.7 Å². The smallest absolute Gasteiger partial charge is 0.0540 e. The first-order chi connectivity index (χ1) is 5.68. The second-order valence-corrected chi connectivity index (χ2v) is 4.66. The molecule has 1 N–H and O–H groups in total. The summed E-state index contributed by atoms with van der Waals surface area (Å²) in [7, 11) is 0. The lowest BCUT2D eigenvalue weighted by Gasteiger charge is -2.15. The first-order valence-electron chi connectivity index (χ1n) is 5.36. The molecular weight excluding hydrogens is 148 g/mol. The first-order valence-corrected chi connectivity index (χ1v) is 5.36. The van der Waals surface area contributed by atoms with Gasteiger partial charge in [-0.2, -0.15) is 0 Å². The predicted octanol–water partition coefficient (Wildman–Crippen LogP) is 2.97. The van der Waals surface area contributed by atoms with Gasteiger partial charge < -0.3 is 5.11 Å². The fraction of sp³-hybridized carbons (Fsp3) is 1.00. The van der Waals surface area contributed by atoms with E-state index in [9.17, 15) is 5.11 Å². The molecule has 0 aromatic rings. The molecule has 0 radical (unpaired) electrons. The van der Waals surface area contributed by atoms with Crippen LogP contribution in [0.1, 0.15) is 52.4 Å². The lowest BCUT2D eigenvalue weighted by Crippen LogP contribution is -2.05. The van der Waals surface area contributed by atoms with Gasteiger partial charge in [-0.1, -0.05) is 26.7 Å². The van der Waals surface area contributed by atoms with Crippen molar-refractivity contribution in [2.45, 2.75) is 58.5 Å². The number of rotatable bonds is 2. The van der Waals surface area contributed by atoms with Crippen molar-refractivity contribution in [2.24, 2.45) is 11.8 Å². The molecule has 1 saturated carbocycles. The Kier molecular flexibility index (Phi) is 4.07. The average molecular weight is 170 g/mol. The molecule has 0 amide bonds. The van der Waals surface area contributed by atoms with Crippen LogP contribution in [0.15, 0.2) is 0 Å². The minimum Gasteiger partial charge on any atom is -0.393 e. The van der Waals surface area contributed by atoms with E-state index in [0.717, 1.165) is 24.7 Å². The summed E-state index contributed by atoms with van der Waals surface area (Å²) in [5.41, 5.74) is 0. The van der Waals surface area contributed by atoms with E-state index in [1.807, 2.05) is 0 Å². The van der Waals surface area contributed by atoms with Crippen LogP contribution in [0.4, 0.5) is 0 Å². The molecule has 0 aromatic heterocycles. The van der Waals surface area contributed by atoms with Gasteiger partial charge in [0.15, 0.2) is 0 Å². The second-order valence-electron chi connectivity index (χ2n) is 4.66. The number of aliphatic hydroxyl groups is 1. The highest BCUT2D eigenvalue weighted by molar-refractivity contribution is 4.70. The molecule has 0 heterocycles. The zero-order chi connectivity index (χ0) is 8.97. The summed E-state index contributed by atoms with van der Waals surface area (Å²) in [6, 6.07) is 0. The fourth-order valence-corrected chi connectivity index (χ4v) is 2.26. The molecule has 1 heteroatoms. The zero-order valence-corrected chi connectivity index (χ0v) is 8.42. The molecule has 1 rings (SSSR count). The maximum Gasteiger partial charge on any atom is 0.0540 e. The van der Waals surface area contributed by atoms with Crippen molar-refractivity contribution in [2.75, 3.05) is 0 Å². The van der Waals surface area contributed by atoms with Crippen molar-refractivity contribution < 1.29 is 5.11 Å². The Bertz CT molecular complexity index is 120. The molecule has 0 spiro atoms. The standard InChI is InChI=1S/C11H22O/c1-9(2)8-10-4-3-5-11(12)7-6-10/h9-12H,3-8H2,1-2H3. The van der Waals surface area contributed by atoms with Gasteiger partial charge in [0.05, 0.1) is 6.10 Å². The molecule has 0 aromatic carbocycles. The summed E-state index contributed by atoms with van der Waals surface area (Å²) in [4.78, 5) is 0. The van der Waals surface area contributed by atoms with Gasteiger partial charge in [0, 0.05) is 0 Å². The highest BCUT2D eigenvalue weighted by Crippen LogP contribution is 2.27. The normalized spacial score (nSPS) is 32.0. The third-order valence-electron chi connectivity index (χ3n) is 2.86. The van der Waals surface area contributed by atoms with Crippen molar-refractivity contribution in [3.8, 4) is 0 Å². The van der Waals surface area contributed by atoms with Gasteiger partial charge in [-0.15, -0.1) is 0 Å². The van der Waals surface area contributed by atoms with Gasteiger partial charge >= 0.3 is 0 Å². The Balaban J connectivity index is 2.26. The molecule has 0 saturated heterocycles. The summed E-state index contributed by atoms with van der Waals surface area (Å²) in [5, 5.41) is 9.44. The van der Waals surface area contributed by atoms with Crippen molar-refractivity contribution in [3.63, 3.8) is 0 Å². The van der Waals surface area contributed by atoms with Gasteiger partial charge in [-0.3, -0.25) is 0 Å². The van der Waals surface area contributed by atoms with E-state index in [1.54, 1.807) is 0 Å². The summed E-state index contributed by atoms with van der Waals surface area (Å²) < 4.78 is 0. The van der Waals surface area contributed by atoms with Gasteiger partial charge in [0.1, 0.15) is 0 Å². The summed E-state index contributed by atoms with van der Waals surface area (Å²) in [5.74, 6) is 1.72. The van der Waals surface area contributed by atoms with E-state index in [-0.39, 0.29) is 6.10 Å². The second kappa shape index (κ2) is 4.86. The number of hydrogen-bond acceptors (Lipinski definition) is 1. The van der Waals surface area contributed by atoms with Crippen LogP contribution in [0.5, 0.6) is 0 Å². The van der Waals surface area contributed by atoms with Crippen molar-refractivity contribution >= 4 is 0 Å². The van der Waals surface area contributed by atoms with Crippen molar-refractivity contribution in [3.05, 3.63) is 0 Å². The Morgan fingerprint density at radius 2 is 1.92 bits per heavy atom. The van der Waals surface area contributed by atoms with Crippen LogP contribution in [-0.2, 0) is 0 Å². The Labute approximate surface area is 76.2 Å². The van der Waals surface area contributed by atoms with Gasteiger partial charge in [-0.25, -0.2) is 0 Å². The fourth-order valence-electron chi connectivity index (χ4n) is 2.26. The SMILES string of the molecule is CC(C)CC1CCCC(O)CC1. The van der Waals surface area contributed by atoms with E-state index < -0.39 is 0 Å². The average Bonchev–Trinajstić information content (AvgIpc) is 2.15. The van der Waals surface area contributed by atoms with Gasteiger partial charge in [0.25, 0.3) is 0 Å². The van der Waals surface area contributed by atoms with Crippen molar-refractivity contribution in [1.82, 2.24) is 0 Å². The largest absolute Gasteiger partial charge is 0.393 e. The Morgan fingerprint density at radius 1 is 1.17 bits per heavy atom. The topological polar surface area (TPSA) is 20.2 Å². The third-order valence-corrected chi connectivity index (χ3v) is 2.86. The molecule has 2 atom stereocenters. The number of hydrogen-bond donors (Lipinski definition) is 1. The molecule has 0 aliphatic heterocycles. The van der Waals surface area contributed by atoms with Crippen LogP contribution in [0.25, 0.3) is 0 Å². The lowest BCUT2D eigenvalue weighted by atomic mass is 9.91. The van der Waals surface area contributed by atoms with Crippen molar-refractivity contribution in [1.29, 1.82) is 0 Å². The molecule has 1 aliphatic carbocycles. The van der Waals surface area contributed by atoms with Crippen LogP contribution < -0.4 is 0 Å². The molecule has 1 nitrogen and oxygen atoms in total. The van der Waals surface area contributed by atoms with Crippen LogP contribution in [0.3, 0.4) is 0 Å². The zero-order valence-electron chi connectivity index (χ0n) is 8.42. The quantitative estimate of drug-likeness (QED) is 0.632. The summed E-state index contributed by atoms with van der Waals surface area (Å²) >= 11 is 0. The molecular formula is C11H22O. The van der Waals surface area contributed by atoms with Gasteiger partial charge in [-0.05, 0) is 37.5 Å². The highest BCUT2D eigenvalue weighted by atomic mass is 16.3. The first kappa shape index (κ1) is 10.0. The third kappa shape index (κ3) is 3.57. The molecule has 1 fully saturated rings. The van der Waals surface area contributed by atoms with E-state index in [2.05, 4.69) is 13.8 Å². The molecule has 1 aliphatic rings. The Hall–Kier alpha value is -0.0400. The van der Waals surface area contributed by atoms with Crippen LogP contribution in [-0.4, -0.2) is 11.2 Å². The van der Waals surface area contributed by atoms with E-state index >= 15 is 0 Å². The summed E-state index contributed by atoms with van der Waals surface area (Å²) in [6.07, 6.45) is 7.26. The van der Waals surface area contributed by atoms with E-state index in [4.69, 9.17) is 0 Å². The maximum atomic E-state index is 9.44. The van der Waals surface area contributed by atoms with Gasteiger partial charge in [0.2, 0.25) is 0 Å². The maximum absolute atomic E-state index is 9.44. The van der Waals surface area contributed by atoms with Crippen LogP contribution >= 0.6 is 0 Å². The molecule has 72 valence electrons. The molecule has 2 unspecified atom stereocenters. The predicted molar refractivity (Wildman–Crippen MR) is 52.0 cm³/mol. The number of aliphatic hydroxyl groups excluding tert-OH is 1. The monoisotopic (exact) mass is 170 g/mol. The van der Waals surface area contributed by atoms with E-state index in [0.29, 0.717) is 0 Å². The minimum atomic E-state index is 0.00200. The lowest BCUT2D eigenvalue weighted by molar-refractivity contribution is 0.155. The molecule has 12 heavy (non-hydrogen) atoms. The van der Waals surface area contributed by atoms with Crippen LogP contribution in [0.2, 0.25) is 0 Å². The molecule has 0 bridgehead atoms. The Morgan fingerprint density at radius 3 is 2.58 bits per heavy atom. The summed E-state index contributed by atoms with van der Waals surface area (Å²) in [6.45, 7) is 4.59. The van der Waals surface area contributed by atoms with Crippen LogP contribution in [0, 0.1) is 11.8 Å². The minimum absolute atomic E-state index is 0.00200. The highest BCUT2D eigenvalue weighted by Gasteiger charge is 2.17.